The predicted octanol–water partition coefficient (Wildman–Crippen LogP) is 16.3. The second-order valence-corrected chi connectivity index (χ2v) is 16.3. The Morgan fingerprint density at radius 2 is 0.592 bits per heavy atom. The van der Waals surface area contributed by atoms with Crippen molar-refractivity contribution >= 4 is 0 Å². The van der Waals surface area contributed by atoms with Gasteiger partial charge in [-0.2, -0.15) is 0 Å². The van der Waals surface area contributed by atoms with Crippen LogP contribution in [0.5, 0.6) is 0 Å². The molecular formula is C47H93N2+. The van der Waals surface area contributed by atoms with Crippen molar-refractivity contribution in [3.05, 3.63) is 17.7 Å². The number of aromatic amines is 1. The standard InChI is InChI=1S/C47H92N2/c1-4-7-10-13-16-19-22-24-26-28-30-33-36-39-42-46-45-48-47(43-40-37-34-31-21-18-15-12-9-6-3)49(46)44-41-38-35-32-29-27-25-23-20-17-14-11-8-5-2/h45H,4-44H2,1-3H3/p+1. The summed E-state index contributed by atoms with van der Waals surface area (Å²) in [5.74, 6) is 1.52. The molecule has 1 heterocycles. The van der Waals surface area contributed by atoms with E-state index in [1.165, 1.54) is 269 Å². The Balaban J connectivity index is 2.26. The third-order valence-corrected chi connectivity index (χ3v) is 11.4. The van der Waals surface area contributed by atoms with E-state index in [2.05, 4.69) is 36.5 Å². The molecular weight excluding hydrogens is 593 g/mol. The van der Waals surface area contributed by atoms with Gasteiger partial charge in [-0.25, -0.2) is 9.55 Å². The Labute approximate surface area is 310 Å². The molecule has 0 bridgehead atoms. The summed E-state index contributed by atoms with van der Waals surface area (Å²) >= 11 is 0. The van der Waals surface area contributed by atoms with E-state index in [1.807, 2.05) is 0 Å². The fourth-order valence-electron chi connectivity index (χ4n) is 7.93. The molecule has 0 aliphatic heterocycles. The molecule has 0 unspecified atom stereocenters. The molecule has 0 saturated carbocycles. The maximum atomic E-state index is 3.77. The molecule has 0 atom stereocenters. The number of aryl methyl sites for hydroxylation is 2. The molecule has 0 spiro atoms. The molecule has 1 aromatic heterocycles. The number of hydrogen-bond donors (Lipinski definition) is 1. The molecule has 1 aromatic rings. The monoisotopic (exact) mass is 686 g/mol. The summed E-state index contributed by atoms with van der Waals surface area (Å²) in [6.45, 7) is 8.18. The van der Waals surface area contributed by atoms with Crippen molar-refractivity contribution in [2.24, 2.45) is 0 Å². The summed E-state index contributed by atoms with van der Waals surface area (Å²) in [5.41, 5.74) is 1.59. The fraction of sp³-hybridized carbons (Fsp3) is 0.936. The third kappa shape index (κ3) is 30.5. The van der Waals surface area contributed by atoms with Crippen LogP contribution in [-0.2, 0) is 19.4 Å². The molecule has 0 saturated heterocycles. The normalized spacial score (nSPS) is 11.7. The van der Waals surface area contributed by atoms with Crippen LogP contribution in [0.2, 0.25) is 0 Å². The first-order valence-electron chi connectivity index (χ1n) is 23.4. The molecule has 0 aliphatic carbocycles. The Morgan fingerprint density at radius 3 is 0.918 bits per heavy atom. The van der Waals surface area contributed by atoms with Crippen molar-refractivity contribution in [1.29, 1.82) is 0 Å². The maximum absolute atomic E-state index is 3.77. The van der Waals surface area contributed by atoms with Gasteiger partial charge in [0.05, 0.1) is 6.54 Å². The molecule has 0 fully saturated rings. The van der Waals surface area contributed by atoms with Crippen molar-refractivity contribution in [2.75, 3.05) is 0 Å². The molecule has 0 aromatic carbocycles. The first kappa shape index (κ1) is 46.2. The van der Waals surface area contributed by atoms with Gasteiger partial charge in [0.1, 0.15) is 11.9 Å². The number of imidazole rings is 1. The number of H-pyrrole nitrogens is 1. The summed E-state index contributed by atoms with van der Waals surface area (Å²) in [5, 5.41) is 0. The van der Waals surface area contributed by atoms with E-state index >= 15 is 0 Å². The summed E-state index contributed by atoms with van der Waals surface area (Å²) < 4.78 is 2.73. The zero-order valence-corrected chi connectivity index (χ0v) is 34.5. The van der Waals surface area contributed by atoms with Crippen molar-refractivity contribution < 1.29 is 4.57 Å². The maximum Gasteiger partial charge on any atom is 0.254 e. The van der Waals surface area contributed by atoms with Crippen LogP contribution < -0.4 is 4.57 Å². The zero-order chi connectivity index (χ0) is 35.1. The van der Waals surface area contributed by atoms with E-state index in [1.54, 1.807) is 5.69 Å². The highest BCUT2D eigenvalue weighted by atomic mass is 15.1. The summed E-state index contributed by atoms with van der Waals surface area (Å²) in [6.07, 6.45) is 59.5. The molecule has 2 heteroatoms. The Kier molecular flexibility index (Phi) is 36.3. The van der Waals surface area contributed by atoms with E-state index in [9.17, 15) is 0 Å². The lowest BCUT2D eigenvalue weighted by atomic mass is 10.0. The van der Waals surface area contributed by atoms with Crippen LogP contribution in [-0.4, -0.2) is 4.98 Å². The van der Waals surface area contributed by atoms with Crippen molar-refractivity contribution in [3.8, 4) is 0 Å². The lowest BCUT2D eigenvalue weighted by molar-refractivity contribution is -0.710. The van der Waals surface area contributed by atoms with Gasteiger partial charge in [0.2, 0.25) is 0 Å². The average Bonchev–Trinajstić information content (AvgIpc) is 3.50. The molecule has 49 heavy (non-hydrogen) atoms. The molecule has 0 radical (unpaired) electrons. The molecule has 1 N–H and O–H groups in total. The SMILES string of the molecule is CCCCCCCCCCCCCCCCc1c[nH]c(CCCCCCCCCCCC)[n+]1CCCCCCCCCCCCCCCC. The van der Waals surface area contributed by atoms with Gasteiger partial charge in [0.25, 0.3) is 5.82 Å². The highest BCUT2D eigenvalue weighted by molar-refractivity contribution is 4.92. The summed E-state index contributed by atoms with van der Waals surface area (Å²) in [4.78, 5) is 3.77. The number of aromatic nitrogens is 2. The Hall–Kier alpha value is -0.790. The lowest BCUT2D eigenvalue weighted by Crippen LogP contribution is -2.40. The van der Waals surface area contributed by atoms with E-state index < -0.39 is 0 Å². The average molecular weight is 686 g/mol. The number of nitrogens with zero attached hydrogens (tertiary/aromatic N) is 1. The van der Waals surface area contributed by atoms with E-state index in [-0.39, 0.29) is 0 Å². The summed E-state index contributed by atoms with van der Waals surface area (Å²) in [6, 6.07) is 0. The number of rotatable bonds is 41. The van der Waals surface area contributed by atoms with Crippen LogP contribution in [0.4, 0.5) is 0 Å². The van der Waals surface area contributed by atoms with Crippen molar-refractivity contribution in [2.45, 2.75) is 284 Å². The molecule has 1 rings (SSSR count). The van der Waals surface area contributed by atoms with Crippen LogP contribution in [0.15, 0.2) is 6.20 Å². The van der Waals surface area contributed by atoms with Crippen molar-refractivity contribution in [3.63, 3.8) is 0 Å². The molecule has 2 nitrogen and oxygen atoms in total. The second-order valence-electron chi connectivity index (χ2n) is 16.3. The van der Waals surface area contributed by atoms with E-state index in [0.29, 0.717) is 0 Å². The lowest BCUT2D eigenvalue weighted by Gasteiger charge is -2.07. The minimum Gasteiger partial charge on any atom is -0.247 e. The van der Waals surface area contributed by atoms with Gasteiger partial charge in [0, 0.05) is 12.8 Å². The minimum atomic E-state index is 1.24. The molecule has 0 amide bonds. The smallest absolute Gasteiger partial charge is 0.247 e. The van der Waals surface area contributed by atoms with Gasteiger partial charge in [-0.1, -0.05) is 239 Å². The van der Waals surface area contributed by atoms with Crippen LogP contribution >= 0.6 is 0 Å². The topological polar surface area (TPSA) is 19.7 Å². The van der Waals surface area contributed by atoms with Gasteiger partial charge >= 0.3 is 0 Å². The largest absolute Gasteiger partial charge is 0.254 e. The van der Waals surface area contributed by atoms with Crippen molar-refractivity contribution in [1.82, 2.24) is 4.98 Å². The van der Waals surface area contributed by atoms with Crippen LogP contribution in [0.3, 0.4) is 0 Å². The van der Waals surface area contributed by atoms with Gasteiger partial charge in [-0.15, -0.1) is 0 Å². The zero-order valence-electron chi connectivity index (χ0n) is 34.5. The second kappa shape index (κ2) is 38.4. The van der Waals surface area contributed by atoms with Crippen LogP contribution in [0.25, 0.3) is 0 Å². The Bertz CT molecular complexity index is 751. The highest BCUT2D eigenvalue weighted by Crippen LogP contribution is 2.16. The van der Waals surface area contributed by atoms with Gasteiger partial charge in [-0.3, -0.25) is 0 Å². The molecule has 0 aliphatic rings. The van der Waals surface area contributed by atoms with E-state index in [4.69, 9.17) is 0 Å². The number of hydrogen-bond acceptors (Lipinski definition) is 0. The van der Waals surface area contributed by atoms with Crippen LogP contribution in [0.1, 0.15) is 276 Å². The predicted molar refractivity (Wildman–Crippen MR) is 221 cm³/mol. The minimum absolute atomic E-state index is 1.24. The van der Waals surface area contributed by atoms with E-state index in [0.717, 1.165) is 0 Å². The first-order valence-corrected chi connectivity index (χ1v) is 23.4. The molecule has 290 valence electrons. The first-order chi connectivity index (χ1) is 24.3. The Morgan fingerprint density at radius 1 is 0.327 bits per heavy atom. The number of nitrogens with one attached hydrogen (secondary N) is 1. The van der Waals surface area contributed by atoms with Gasteiger partial charge in [-0.05, 0) is 25.7 Å². The highest BCUT2D eigenvalue weighted by Gasteiger charge is 2.17. The van der Waals surface area contributed by atoms with Gasteiger partial charge < -0.3 is 0 Å². The number of unbranched alkanes of at least 4 members (excludes halogenated alkanes) is 35. The summed E-state index contributed by atoms with van der Waals surface area (Å²) in [7, 11) is 0. The quantitative estimate of drug-likeness (QED) is 0.0523. The fourth-order valence-corrected chi connectivity index (χ4v) is 7.93. The van der Waals surface area contributed by atoms with Gasteiger partial charge in [0.15, 0.2) is 0 Å². The third-order valence-electron chi connectivity index (χ3n) is 11.4. The van der Waals surface area contributed by atoms with Crippen LogP contribution in [0, 0.1) is 0 Å².